The molecule has 0 saturated heterocycles. The first-order valence-electron chi connectivity index (χ1n) is 11.5. The molecule has 0 aliphatic rings. The van der Waals surface area contributed by atoms with Gasteiger partial charge in [-0.15, -0.1) is 0 Å². The summed E-state index contributed by atoms with van der Waals surface area (Å²) in [6.07, 6.45) is 0. The fraction of sp³-hybridized carbons (Fsp3) is 0.103. The van der Waals surface area contributed by atoms with Crippen molar-refractivity contribution >= 4 is 33.6 Å². The molecule has 0 fully saturated rings. The Hall–Kier alpha value is -4.58. The van der Waals surface area contributed by atoms with Crippen LogP contribution in [0.1, 0.15) is 23.0 Å². The van der Waals surface area contributed by atoms with Crippen LogP contribution in [0, 0.1) is 5.41 Å². The van der Waals surface area contributed by atoms with E-state index in [0.717, 1.165) is 33.1 Å². The molecule has 5 rings (SSSR count). The van der Waals surface area contributed by atoms with Gasteiger partial charge in [-0.2, -0.15) is 0 Å². The second kappa shape index (κ2) is 9.35. The molecule has 6 heteroatoms. The molecule has 35 heavy (non-hydrogen) atoms. The average molecular weight is 463 g/mol. The molecule has 1 aromatic heterocycles. The Kier molecular flexibility index (Phi) is 5.94. The number of benzene rings is 4. The zero-order valence-corrected chi connectivity index (χ0v) is 19.4. The predicted molar refractivity (Wildman–Crippen MR) is 141 cm³/mol. The highest BCUT2D eigenvalue weighted by Crippen LogP contribution is 2.36. The molecule has 5 aromatic rings. The number of guanidine groups is 1. The fourth-order valence-electron chi connectivity index (χ4n) is 4.63. The molecule has 0 bridgehead atoms. The van der Waals surface area contributed by atoms with Gasteiger partial charge in [-0.3, -0.25) is 5.41 Å². The summed E-state index contributed by atoms with van der Waals surface area (Å²) >= 11 is 0. The maximum absolute atomic E-state index is 13.2. The molecule has 0 spiro atoms. The van der Waals surface area contributed by atoms with Crippen LogP contribution in [0.2, 0.25) is 0 Å². The molecule has 6 nitrogen and oxygen atoms in total. The molecular formula is C29H26N4O2. The van der Waals surface area contributed by atoms with Gasteiger partial charge in [-0.05, 0) is 47.0 Å². The summed E-state index contributed by atoms with van der Waals surface area (Å²) in [7, 11) is 0. The molecule has 174 valence electrons. The van der Waals surface area contributed by atoms with E-state index in [0.29, 0.717) is 11.3 Å². The maximum atomic E-state index is 13.2. The van der Waals surface area contributed by atoms with E-state index in [1.807, 2.05) is 59.2 Å². The molecule has 4 N–H and O–H groups in total. The minimum absolute atomic E-state index is 0.166. The Morgan fingerprint density at radius 2 is 1.69 bits per heavy atom. The number of carbonyl (C=O) groups is 1. The van der Waals surface area contributed by atoms with Crippen molar-refractivity contribution in [3.63, 3.8) is 0 Å². The number of nitrogens with one attached hydrogen (secondary N) is 2. The predicted octanol–water partition coefficient (Wildman–Crippen LogP) is 5.61. The van der Waals surface area contributed by atoms with Crippen molar-refractivity contribution in [2.24, 2.45) is 5.73 Å². The second-order valence-corrected chi connectivity index (χ2v) is 8.24. The number of carbonyl (C=O) groups excluding carboxylic acids is 1. The SMILES string of the molecule is CCOC(=O)c1c(CNC(=N)N)n(-c2ccccc2)c2cc(-c3cccc4ccccc34)ccc12. The topological polar surface area (TPSA) is 93.1 Å². The summed E-state index contributed by atoms with van der Waals surface area (Å²) in [5.74, 6) is -0.563. The summed E-state index contributed by atoms with van der Waals surface area (Å²) in [6, 6.07) is 30.6. The number of esters is 1. The molecule has 0 aliphatic carbocycles. The number of aromatic nitrogens is 1. The molecule has 0 unspecified atom stereocenters. The van der Waals surface area contributed by atoms with Gasteiger partial charge in [0.05, 0.1) is 29.9 Å². The van der Waals surface area contributed by atoms with E-state index in [4.69, 9.17) is 15.9 Å². The minimum atomic E-state index is -0.398. The second-order valence-electron chi connectivity index (χ2n) is 8.24. The summed E-state index contributed by atoms with van der Waals surface area (Å²) in [6.45, 7) is 2.27. The van der Waals surface area contributed by atoms with Gasteiger partial charge in [0.2, 0.25) is 0 Å². The molecule has 1 heterocycles. The van der Waals surface area contributed by atoms with Gasteiger partial charge < -0.3 is 20.4 Å². The summed E-state index contributed by atoms with van der Waals surface area (Å²) in [4.78, 5) is 13.2. The van der Waals surface area contributed by atoms with Crippen LogP contribution in [-0.2, 0) is 11.3 Å². The number of ether oxygens (including phenoxy) is 1. The van der Waals surface area contributed by atoms with E-state index in [2.05, 4.69) is 41.7 Å². The van der Waals surface area contributed by atoms with Gasteiger partial charge in [-0.1, -0.05) is 72.8 Å². The van der Waals surface area contributed by atoms with Crippen molar-refractivity contribution < 1.29 is 9.53 Å². The lowest BCUT2D eigenvalue weighted by Crippen LogP contribution is -2.31. The van der Waals surface area contributed by atoms with Crippen LogP contribution >= 0.6 is 0 Å². The van der Waals surface area contributed by atoms with E-state index >= 15 is 0 Å². The van der Waals surface area contributed by atoms with E-state index in [1.54, 1.807) is 6.92 Å². The zero-order valence-electron chi connectivity index (χ0n) is 19.4. The number of hydrogen-bond acceptors (Lipinski definition) is 3. The monoisotopic (exact) mass is 462 g/mol. The molecule has 0 aliphatic heterocycles. The summed E-state index contributed by atoms with van der Waals surface area (Å²) < 4.78 is 7.49. The van der Waals surface area contributed by atoms with Crippen LogP contribution < -0.4 is 11.1 Å². The highest BCUT2D eigenvalue weighted by Gasteiger charge is 2.25. The third kappa shape index (κ3) is 4.10. The Morgan fingerprint density at radius 3 is 2.46 bits per heavy atom. The van der Waals surface area contributed by atoms with Crippen molar-refractivity contribution in [3.05, 3.63) is 102 Å². The Balaban J connectivity index is 1.82. The minimum Gasteiger partial charge on any atom is -0.462 e. The van der Waals surface area contributed by atoms with Crippen molar-refractivity contribution in [2.75, 3.05) is 6.61 Å². The number of nitrogens with two attached hydrogens (primary N) is 1. The largest absolute Gasteiger partial charge is 0.462 e. The third-order valence-corrected chi connectivity index (χ3v) is 6.11. The Labute approximate surface area is 203 Å². The van der Waals surface area contributed by atoms with Crippen molar-refractivity contribution in [1.82, 2.24) is 9.88 Å². The Morgan fingerprint density at radius 1 is 0.943 bits per heavy atom. The van der Waals surface area contributed by atoms with E-state index in [1.165, 1.54) is 5.39 Å². The highest BCUT2D eigenvalue weighted by atomic mass is 16.5. The third-order valence-electron chi connectivity index (χ3n) is 6.11. The van der Waals surface area contributed by atoms with Crippen molar-refractivity contribution in [3.8, 4) is 16.8 Å². The molecule has 0 atom stereocenters. The van der Waals surface area contributed by atoms with Crippen LogP contribution in [0.15, 0.2) is 91.0 Å². The molecule has 0 radical (unpaired) electrons. The van der Waals surface area contributed by atoms with Gasteiger partial charge in [0.15, 0.2) is 5.96 Å². The fourth-order valence-corrected chi connectivity index (χ4v) is 4.63. The first kappa shape index (κ1) is 22.2. The number of rotatable bonds is 6. The number of hydrogen-bond donors (Lipinski definition) is 3. The quantitative estimate of drug-likeness (QED) is 0.174. The lowest BCUT2D eigenvalue weighted by Gasteiger charge is -2.13. The van der Waals surface area contributed by atoms with Crippen molar-refractivity contribution in [1.29, 1.82) is 5.41 Å². The van der Waals surface area contributed by atoms with Gasteiger partial charge in [0.25, 0.3) is 0 Å². The van der Waals surface area contributed by atoms with Gasteiger partial charge in [-0.25, -0.2) is 4.79 Å². The van der Waals surface area contributed by atoms with Crippen LogP contribution in [0.25, 0.3) is 38.5 Å². The highest BCUT2D eigenvalue weighted by molar-refractivity contribution is 6.08. The molecule has 0 amide bonds. The lowest BCUT2D eigenvalue weighted by atomic mass is 9.97. The van der Waals surface area contributed by atoms with E-state index in [9.17, 15) is 4.79 Å². The lowest BCUT2D eigenvalue weighted by molar-refractivity contribution is 0.0527. The van der Waals surface area contributed by atoms with Gasteiger partial charge in [0.1, 0.15) is 0 Å². The van der Waals surface area contributed by atoms with E-state index < -0.39 is 5.97 Å². The summed E-state index contributed by atoms with van der Waals surface area (Å²) in [5.41, 5.74) is 10.7. The molecule has 0 saturated carbocycles. The maximum Gasteiger partial charge on any atom is 0.340 e. The van der Waals surface area contributed by atoms with Crippen LogP contribution in [0.4, 0.5) is 0 Å². The average Bonchev–Trinajstić information content (AvgIpc) is 3.21. The Bertz CT molecular complexity index is 1550. The zero-order chi connectivity index (χ0) is 24.4. The number of nitrogens with zero attached hydrogens (tertiary/aromatic N) is 1. The van der Waals surface area contributed by atoms with Crippen LogP contribution in [0.5, 0.6) is 0 Å². The summed E-state index contributed by atoms with van der Waals surface area (Å²) in [5, 5.41) is 13.7. The first-order chi connectivity index (χ1) is 17.1. The number of fused-ring (bicyclic) bond motifs is 2. The van der Waals surface area contributed by atoms with Crippen LogP contribution in [-0.4, -0.2) is 23.1 Å². The van der Waals surface area contributed by atoms with Crippen LogP contribution in [0.3, 0.4) is 0 Å². The smallest absolute Gasteiger partial charge is 0.340 e. The first-order valence-corrected chi connectivity index (χ1v) is 11.5. The van der Waals surface area contributed by atoms with Crippen molar-refractivity contribution in [2.45, 2.75) is 13.5 Å². The molecular weight excluding hydrogens is 436 g/mol. The van der Waals surface area contributed by atoms with E-state index in [-0.39, 0.29) is 19.1 Å². The van der Waals surface area contributed by atoms with Gasteiger partial charge in [0, 0.05) is 11.1 Å². The van der Waals surface area contributed by atoms with Gasteiger partial charge >= 0.3 is 5.97 Å². The normalized spacial score (nSPS) is 11.0. The number of para-hydroxylation sites is 1. The molecule has 4 aromatic carbocycles. The standard InChI is InChI=1S/C29H26N4O2/c1-2-35-28(34)27-24-16-15-20(23-14-8-10-19-9-6-7-13-22(19)23)17-25(24)33(21-11-4-3-5-12-21)26(27)18-32-29(30)31/h3-17H,2,18H2,1H3,(H4,30,31,32).